The molecular formula is C11H23BO2. The van der Waals surface area contributed by atoms with Crippen LogP contribution in [0, 0.1) is 0 Å². The number of rotatable bonds is 6. The minimum absolute atomic E-state index is 0.0122. The van der Waals surface area contributed by atoms with Gasteiger partial charge in [0.1, 0.15) is 0 Å². The lowest BCUT2D eigenvalue weighted by Crippen LogP contribution is -2.22. The minimum atomic E-state index is 0.0122. The van der Waals surface area contributed by atoms with E-state index < -0.39 is 0 Å². The Morgan fingerprint density at radius 2 is 1.57 bits per heavy atom. The fraction of sp³-hybridized carbons (Fsp3) is 1.00. The molecule has 3 heteroatoms. The van der Waals surface area contributed by atoms with E-state index in [1.54, 1.807) is 0 Å². The van der Waals surface area contributed by atoms with E-state index in [2.05, 4.69) is 13.8 Å². The third-order valence-corrected chi connectivity index (χ3v) is 2.81. The summed E-state index contributed by atoms with van der Waals surface area (Å²) in [4.78, 5) is 0. The molecule has 14 heavy (non-hydrogen) atoms. The molecule has 0 aliphatic carbocycles. The molecule has 0 aromatic rings. The summed E-state index contributed by atoms with van der Waals surface area (Å²) >= 11 is 0. The van der Waals surface area contributed by atoms with Crippen LogP contribution in [0.25, 0.3) is 0 Å². The van der Waals surface area contributed by atoms with E-state index >= 15 is 0 Å². The standard InChI is InChI=1S/C11H23BO2/c1-4-6-7-9-11-10(8-5-2)13-12(3)14-11/h10-11H,4-9H2,1-3H3. The topological polar surface area (TPSA) is 18.5 Å². The van der Waals surface area contributed by atoms with Crippen LogP contribution in [0.15, 0.2) is 0 Å². The second kappa shape index (κ2) is 6.47. The van der Waals surface area contributed by atoms with Gasteiger partial charge in [-0.05, 0) is 19.7 Å². The normalized spacial score (nSPS) is 27.2. The van der Waals surface area contributed by atoms with Crippen molar-refractivity contribution in [2.75, 3.05) is 0 Å². The molecule has 1 rings (SSSR count). The molecule has 0 N–H and O–H groups in total. The van der Waals surface area contributed by atoms with Gasteiger partial charge in [0.15, 0.2) is 0 Å². The fourth-order valence-corrected chi connectivity index (χ4v) is 2.09. The first-order valence-electron chi connectivity index (χ1n) is 6.08. The average molecular weight is 198 g/mol. The van der Waals surface area contributed by atoms with Gasteiger partial charge in [-0.25, -0.2) is 0 Å². The Bertz CT molecular complexity index is 152. The lowest BCUT2D eigenvalue weighted by Gasteiger charge is -2.17. The van der Waals surface area contributed by atoms with Crippen molar-refractivity contribution >= 4 is 7.12 Å². The maximum atomic E-state index is 5.75. The zero-order valence-electron chi connectivity index (χ0n) is 9.79. The molecule has 1 saturated heterocycles. The van der Waals surface area contributed by atoms with Crippen LogP contribution in [0.3, 0.4) is 0 Å². The Morgan fingerprint density at radius 1 is 0.929 bits per heavy atom. The van der Waals surface area contributed by atoms with Gasteiger partial charge < -0.3 is 9.31 Å². The van der Waals surface area contributed by atoms with Crippen LogP contribution in [-0.4, -0.2) is 19.3 Å². The molecule has 0 radical (unpaired) electrons. The van der Waals surface area contributed by atoms with Crippen molar-refractivity contribution in [1.29, 1.82) is 0 Å². The molecule has 2 nitrogen and oxygen atoms in total. The summed E-state index contributed by atoms with van der Waals surface area (Å²) < 4.78 is 11.5. The van der Waals surface area contributed by atoms with Crippen molar-refractivity contribution in [3.63, 3.8) is 0 Å². The van der Waals surface area contributed by atoms with E-state index in [0.29, 0.717) is 12.2 Å². The van der Waals surface area contributed by atoms with Crippen molar-refractivity contribution < 1.29 is 9.31 Å². The maximum Gasteiger partial charge on any atom is 0.454 e. The second-order valence-corrected chi connectivity index (χ2v) is 4.20. The van der Waals surface area contributed by atoms with Crippen LogP contribution in [-0.2, 0) is 9.31 Å². The van der Waals surface area contributed by atoms with Crippen LogP contribution in [0.4, 0.5) is 0 Å². The van der Waals surface area contributed by atoms with Gasteiger partial charge in [-0.2, -0.15) is 0 Å². The summed E-state index contributed by atoms with van der Waals surface area (Å²) in [5.41, 5.74) is 0. The molecule has 0 saturated carbocycles. The molecule has 0 bridgehead atoms. The molecule has 1 aliphatic heterocycles. The van der Waals surface area contributed by atoms with Crippen molar-refractivity contribution in [3.05, 3.63) is 0 Å². The van der Waals surface area contributed by atoms with Gasteiger partial charge in [0.2, 0.25) is 0 Å². The predicted molar refractivity (Wildman–Crippen MR) is 60.4 cm³/mol. The largest absolute Gasteiger partial charge is 0.454 e. The van der Waals surface area contributed by atoms with Crippen LogP contribution in [0.2, 0.25) is 6.82 Å². The molecular weight excluding hydrogens is 175 g/mol. The van der Waals surface area contributed by atoms with Crippen LogP contribution >= 0.6 is 0 Å². The Hall–Kier alpha value is -0.0151. The van der Waals surface area contributed by atoms with Gasteiger partial charge in [0.25, 0.3) is 0 Å². The summed E-state index contributed by atoms with van der Waals surface area (Å²) in [6.07, 6.45) is 8.07. The van der Waals surface area contributed by atoms with Crippen molar-refractivity contribution in [2.45, 2.75) is 71.4 Å². The first-order chi connectivity index (χ1) is 6.77. The second-order valence-electron chi connectivity index (χ2n) is 4.20. The zero-order chi connectivity index (χ0) is 10.4. The van der Waals surface area contributed by atoms with Gasteiger partial charge in [0, 0.05) is 0 Å². The van der Waals surface area contributed by atoms with Crippen LogP contribution in [0.1, 0.15) is 52.4 Å². The molecule has 1 fully saturated rings. The third-order valence-electron chi connectivity index (χ3n) is 2.81. The molecule has 0 aromatic heterocycles. The Balaban J connectivity index is 2.25. The van der Waals surface area contributed by atoms with Gasteiger partial charge >= 0.3 is 7.12 Å². The third kappa shape index (κ3) is 3.62. The molecule has 1 aliphatic rings. The monoisotopic (exact) mass is 198 g/mol. The van der Waals surface area contributed by atoms with Crippen molar-refractivity contribution in [2.24, 2.45) is 0 Å². The summed E-state index contributed by atoms with van der Waals surface area (Å²) in [5, 5.41) is 0. The summed E-state index contributed by atoms with van der Waals surface area (Å²) in [6, 6.07) is 0. The van der Waals surface area contributed by atoms with Gasteiger partial charge in [-0.1, -0.05) is 39.5 Å². The van der Waals surface area contributed by atoms with Crippen molar-refractivity contribution in [3.8, 4) is 0 Å². The van der Waals surface area contributed by atoms with Crippen LogP contribution in [0.5, 0.6) is 0 Å². The molecule has 0 amide bonds. The van der Waals surface area contributed by atoms with Crippen molar-refractivity contribution in [1.82, 2.24) is 0 Å². The Morgan fingerprint density at radius 3 is 2.14 bits per heavy atom. The minimum Gasteiger partial charge on any atom is -0.406 e. The van der Waals surface area contributed by atoms with Gasteiger partial charge in [-0.15, -0.1) is 0 Å². The first-order valence-corrected chi connectivity index (χ1v) is 6.08. The maximum absolute atomic E-state index is 5.75. The van der Waals surface area contributed by atoms with Crippen LogP contribution < -0.4 is 0 Å². The molecule has 82 valence electrons. The molecule has 1 heterocycles. The first kappa shape index (κ1) is 12.1. The summed E-state index contributed by atoms with van der Waals surface area (Å²) in [5.74, 6) is 0. The van der Waals surface area contributed by atoms with E-state index in [4.69, 9.17) is 9.31 Å². The van der Waals surface area contributed by atoms with E-state index in [1.165, 1.54) is 32.1 Å². The summed E-state index contributed by atoms with van der Waals surface area (Å²) in [6.45, 7) is 6.44. The van der Waals surface area contributed by atoms with Gasteiger partial charge in [-0.3, -0.25) is 0 Å². The SMILES string of the molecule is CCCCCC1OB(C)OC1CCC. The fourth-order valence-electron chi connectivity index (χ4n) is 2.09. The lowest BCUT2D eigenvalue weighted by molar-refractivity contribution is 0.135. The quantitative estimate of drug-likeness (QED) is 0.481. The highest BCUT2D eigenvalue weighted by Gasteiger charge is 2.34. The molecule has 2 unspecified atom stereocenters. The Labute approximate surface area is 88.5 Å². The average Bonchev–Trinajstić information content (AvgIpc) is 2.48. The number of unbranched alkanes of at least 4 members (excludes halogenated alkanes) is 2. The lowest BCUT2D eigenvalue weighted by atomic mass is 9.97. The van der Waals surface area contributed by atoms with E-state index in [1.807, 2.05) is 6.82 Å². The van der Waals surface area contributed by atoms with E-state index in [-0.39, 0.29) is 7.12 Å². The zero-order valence-corrected chi connectivity index (χ0v) is 9.79. The highest BCUT2D eigenvalue weighted by Crippen LogP contribution is 2.24. The van der Waals surface area contributed by atoms with E-state index in [0.717, 1.165) is 6.42 Å². The molecule has 0 spiro atoms. The molecule has 2 atom stereocenters. The number of hydrogen-bond donors (Lipinski definition) is 0. The summed E-state index contributed by atoms with van der Waals surface area (Å²) in [7, 11) is 0.0122. The van der Waals surface area contributed by atoms with E-state index in [9.17, 15) is 0 Å². The highest BCUT2D eigenvalue weighted by atomic mass is 16.7. The Kier molecular flexibility index (Phi) is 5.57. The molecule has 0 aromatic carbocycles. The smallest absolute Gasteiger partial charge is 0.406 e. The highest BCUT2D eigenvalue weighted by molar-refractivity contribution is 6.43. The van der Waals surface area contributed by atoms with Gasteiger partial charge in [0.05, 0.1) is 12.2 Å². The number of hydrogen-bond acceptors (Lipinski definition) is 2. The predicted octanol–water partition coefficient (Wildman–Crippen LogP) is 3.27.